The first-order valence-electron chi connectivity index (χ1n) is 7.85. The maximum Gasteiger partial charge on any atom is 0.220 e. The fourth-order valence-corrected chi connectivity index (χ4v) is 4.12. The van der Waals surface area contributed by atoms with Crippen LogP contribution in [0.25, 0.3) is 0 Å². The van der Waals surface area contributed by atoms with E-state index in [4.69, 9.17) is 0 Å². The first-order chi connectivity index (χ1) is 8.79. The highest BCUT2D eigenvalue weighted by Gasteiger charge is 2.34. The zero-order valence-electron chi connectivity index (χ0n) is 11.7. The minimum Gasteiger partial charge on any atom is -0.353 e. The Balaban J connectivity index is 0.00000133. The van der Waals surface area contributed by atoms with E-state index in [1.54, 1.807) is 0 Å². The molecule has 0 aromatic carbocycles. The topological polar surface area (TPSA) is 41.1 Å². The lowest BCUT2D eigenvalue weighted by Gasteiger charge is -2.30. The molecule has 2 aliphatic heterocycles. The first kappa shape index (κ1) is 15.1. The van der Waals surface area contributed by atoms with Gasteiger partial charge in [-0.2, -0.15) is 0 Å². The van der Waals surface area contributed by atoms with E-state index in [1.807, 2.05) is 0 Å². The van der Waals surface area contributed by atoms with Crippen LogP contribution in [-0.2, 0) is 4.79 Å². The molecule has 19 heavy (non-hydrogen) atoms. The maximum atomic E-state index is 12.1. The third-order valence-corrected chi connectivity index (χ3v) is 5.04. The molecule has 2 unspecified atom stereocenters. The van der Waals surface area contributed by atoms with Crippen LogP contribution < -0.4 is 10.6 Å². The van der Waals surface area contributed by atoms with E-state index in [-0.39, 0.29) is 12.4 Å². The standard InChI is InChI=1S/C15H26N2O.ClH/c18-15(8-11-4-2-1-3-5-11)17-14-9-12-6-7-13(10-14)16-12;/h11-14,16H,1-10H2,(H,17,18);1H. The summed E-state index contributed by atoms with van der Waals surface area (Å²) in [6.45, 7) is 0. The minimum atomic E-state index is 0. The zero-order valence-corrected chi connectivity index (χ0v) is 12.5. The summed E-state index contributed by atoms with van der Waals surface area (Å²) in [5.41, 5.74) is 0. The molecule has 1 amide bonds. The molecule has 1 saturated carbocycles. The van der Waals surface area contributed by atoms with Gasteiger partial charge in [-0.1, -0.05) is 19.3 Å². The summed E-state index contributed by atoms with van der Waals surface area (Å²) < 4.78 is 0. The predicted molar refractivity (Wildman–Crippen MR) is 79.6 cm³/mol. The Bertz CT molecular complexity index is 293. The molecule has 2 atom stereocenters. The fraction of sp³-hybridized carbons (Fsp3) is 0.933. The van der Waals surface area contributed by atoms with Crippen molar-refractivity contribution in [1.82, 2.24) is 10.6 Å². The number of hydrogen-bond donors (Lipinski definition) is 2. The lowest BCUT2D eigenvalue weighted by molar-refractivity contribution is -0.123. The summed E-state index contributed by atoms with van der Waals surface area (Å²) in [6.07, 6.45) is 12.2. The molecular formula is C15H27ClN2O. The number of nitrogens with one attached hydrogen (secondary N) is 2. The minimum absolute atomic E-state index is 0. The molecule has 110 valence electrons. The molecule has 4 heteroatoms. The molecule has 0 spiro atoms. The van der Waals surface area contributed by atoms with Gasteiger partial charge in [0.05, 0.1) is 0 Å². The summed E-state index contributed by atoms with van der Waals surface area (Å²) in [4.78, 5) is 12.1. The Morgan fingerprint density at radius 3 is 2.26 bits per heavy atom. The normalized spacial score (nSPS) is 34.6. The molecule has 2 saturated heterocycles. The molecule has 2 bridgehead atoms. The summed E-state index contributed by atoms with van der Waals surface area (Å²) in [5.74, 6) is 0.977. The maximum absolute atomic E-state index is 12.1. The van der Waals surface area contributed by atoms with Gasteiger partial charge >= 0.3 is 0 Å². The van der Waals surface area contributed by atoms with Crippen molar-refractivity contribution in [2.24, 2.45) is 5.92 Å². The molecule has 3 rings (SSSR count). The molecule has 1 aliphatic carbocycles. The molecule has 0 radical (unpaired) electrons. The van der Waals surface area contributed by atoms with Crippen LogP contribution in [0, 0.1) is 5.92 Å². The Kier molecular flexibility index (Phi) is 5.52. The first-order valence-corrected chi connectivity index (χ1v) is 7.85. The molecular weight excluding hydrogens is 260 g/mol. The van der Waals surface area contributed by atoms with Gasteiger partial charge in [0.2, 0.25) is 5.91 Å². The molecule has 3 fully saturated rings. The summed E-state index contributed by atoms with van der Waals surface area (Å²) >= 11 is 0. The van der Waals surface area contributed by atoms with E-state index < -0.39 is 0 Å². The van der Waals surface area contributed by atoms with Gasteiger partial charge in [-0.15, -0.1) is 12.4 Å². The van der Waals surface area contributed by atoms with Crippen molar-refractivity contribution < 1.29 is 4.79 Å². The van der Waals surface area contributed by atoms with Crippen molar-refractivity contribution in [3.63, 3.8) is 0 Å². The lowest BCUT2D eigenvalue weighted by atomic mass is 9.86. The molecule has 2 N–H and O–H groups in total. The summed E-state index contributed by atoms with van der Waals surface area (Å²) in [5, 5.41) is 6.91. The third-order valence-electron chi connectivity index (χ3n) is 5.04. The Morgan fingerprint density at radius 1 is 1.00 bits per heavy atom. The summed E-state index contributed by atoms with van der Waals surface area (Å²) in [6, 6.07) is 1.78. The van der Waals surface area contributed by atoms with Gasteiger partial charge in [0.1, 0.15) is 0 Å². The Hall–Kier alpha value is -0.280. The molecule has 3 aliphatic rings. The van der Waals surface area contributed by atoms with Gasteiger partial charge in [-0.3, -0.25) is 4.79 Å². The van der Waals surface area contributed by atoms with Crippen LogP contribution in [0.3, 0.4) is 0 Å². The number of hydrogen-bond acceptors (Lipinski definition) is 2. The van der Waals surface area contributed by atoms with Crippen molar-refractivity contribution in [3.8, 4) is 0 Å². The van der Waals surface area contributed by atoms with Crippen molar-refractivity contribution in [2.75, 3.05) is 0 Å². The largest absolute Gasteiger partial charge is 0.353 e. The lowest BCUT2D eigenvalue weighted by Crippen LogP contribution is -2.48. The zero-order chi connectivity index (χ0) is 12.4. The van der Waals surface area contributed by atoms with Gasteiger partial charge in [-0.25, -0.2) is 0 Å². The number of halogens is 1. The van der Waals surface area contributed by atoms with Gasteiger partial charge < -0.3 is 10.6 Å². The molecule has 2 heterocycles. The SMILES string of the molecule is Cl.O=C(CC1CCCCC1)NC1CC2CCC(C1)N2. The predicted octanol–water partition coefficient (Wildman–Crippen LogP) is 2.78. The smallest absolute Gasteiger partial charge is 0.220 e. The van der Waals surface area contributed by atoms with Crippen LogP contribution in [0.4, 0.5) is 0 Å². The Labute approximate surface area is 122 Å². The van der Waals surface area contributed by atoms with Gasteiger partial charge in [0.25, 0.3) is 0 Å². The van der Waals surface area contributed by atoms with Crippen LogP contribution in [0.15, 0.2) is 0 Å². The van der Waals surface area contributed by atoms with E-state index in [2.05, 4.69) is 10.6 Å². The molecule has 0 aromatic rings. The average molecular weight is 287 g/mol. The van der Waals surface area contributed by atoms with E-state index in [0.717, 1.165) is 19.3 Å². The van der Waals surface area contributed by atoms with Crippen molar-refractivity contribution in [1.29, 1.82) is 0 Å². The van der Waals surface area contributed by atoms with Crippen molar-refractivity contribution in [3.05, 3.63) is 0 Å². The third kappa shape index (κ3) is 4.09. The second-order valence-corrected chi connectivity index (χ2v) is 6.58. The number of carbonyl (C=O) groups is 1. The number of carbonyl (C=O) groups excluding carboxylic acids is 1. The fourth-order valence-electron chi connectivity index (χ4n) is 4.12. The average Bonchev–Trinajstić information content (AvgIpc) is 2.70. The monoisotopic (exact) mass is 286 g/mol. The van der Waals surface area contributed by atoms with Crippen LogP contribution >= 0.6 is 12.4 Å². The molecule has 3 nitrogen and oxygen atoms in total. The van der Waals surface area contributed by atoms with E-state index in [0.29, 0.717) is 30.0 Å². The second-order valence-electron chi connectivity index (χ2n) is 6.58. The molecule has 0 aromatic heterocycles. The van der Waals surface area contributed by atoms with E-state index in [9.17, 15) is 4.79 Å². The van der Waals surface area contributed by atoms with Crippen LogP contribution in [-0.4, -0.2) is 24.0 Å². The van der Waals surface area contributed by atoms with Crippen LogP contribution in [0.1, 0.15) is 64.2 Å². The highest BCUT2D eigenvalue weighted by atomic mass is 35.5. The number of amides is 1. The number of rotatable bonds is 3. The van der Waals surface area contributed by atoms with Crippen molar-refractivity contribution >= 4 is 18.3 Å². The van der Waals surface area contributed by atoms with Gasteiger partial charge in [-0.05, 0) is 44.4 Å². The number of fused-ring (bicyclic) bond motifs is 2. The number of piperidine rings is 1. The quantitative estimate of drug-likeness (QED) is 0.838. The highest BCUT2D eigenvalue weighted by Crippen LogP contribution is 2.28. The highest BCUT2D eigenvalue weighted by molar-refractivity contribution is 5.85. The van der Waals surface area contributed by atoms with Gasteiger partial charge in [0, 0.05) is 24.5 Å². The van der Waals surface area contributed by atoms with E-state index in [1.165, 1.54) is 44.9 Å². The summed E-state index contributed by atoms with van der Waals surface area (Å²) in [7, 11) is 0. The Morgan fingerprint density at radius 2 is 1.63 bits per heavy atom. The van der Waals surface area contributed by atoms with Crippen molar-refractivity contribution in [2.45, 2.75) is 82.3 Å². The van der Waals surface area contributed by atoms with Crippen LogP contribution in [0.5, 0.6) is 0 Å². The van der Waals surface area contributed by atoms with Crippen LogP contribution in [0.2, 0.25) is 0 Å². The van der Waals surface area contributed by atoms with Gasteiger partial charge in [0.15, 0.2) is 0 Å². The van der Waals surface area contributed by atoms with E-state index >= 15 is 0 Å². The second kappa shape index (κ2) is 6.94.